The van der Waals surface area contributed by atoms with Gasteiger partial charge in [-0.2, -0.15) is 0 Å². The summed E-state index contributed by atoms with van der Waals surface area (Å²) in [5.74, 6) is 1.87. The van der Waals surface area contributed by atoms with E-state index in [-0.39, 0.29) is 4.83 Å². The third kappa shape index (κ3) is 1.95. The van der Waals surface area contributed by atoms with Crippen molar-refractivity contribution in [3.8, 4) is 5.75 Å². The molecule has 1 aliphatic rings. The Balaban J connectivity index is 2.10. The van der Waals surface area contributed by atoms with Crippen LogP contribution >= 0.6 is 27.5 Å². The molecule has 2 heterocycles. The van der Waals surface area contributed by atoms with Gasteiger partial charge in [0.2, 0.25) is 0 Å². The number of ether oxygens (including phenoxy) is 1. The number of aryl methyl sites for hydroxylation is 1. The molecule has 0 saturated heterocycles. The summed E-state index contributed by atoms with van der Waals surface area (Å²) in [5.41, 5.74) is 3.36. The molecule has 0 saturated carbocycles. The number of fused-ring (bicyclic) bond motifs is 1. The highest BCUT2D eigenvalue weighted by molar-refractivity contribution is 9.09. The zero-order valence-corrected chi connectivity index (χ0v) is 12.2. The summed E-state index contributed by atoms with van der Waals surface area (Å²) in [4.78, 5) is 0.0433. The van der Waals surface area contributed by atoms with Crippen molar-refractivity contribution in [1.82, 2.24) is 0 Å². The molecule has 4 heteroatoms. The van der Waals surface area contributed by atoms with Crippen LogP contribution < -0.4 is 4.74 Å². The van der Waals surface area contributed by atoms with Crippen LogP contribution in [0.2, 0.25) is 5.02 Å². The fourth-order valence-electron chi connectivity index (χ4n) is 2.31. The zero-order valence-electron chi connectivity index (χ0n) is 9.87. The van der Waals surface area contributed by atoms with E-state index in [4.69, 9.17) is 20.8 Å². The van der Waals surface area contributed by atoms with Gasteiger partial charge in [-0.3, -0.25) is 0 Å². The van der Waals surface area contributed by atoms with Crippen LogP contribution in [0.1, 0.15) is 27.3 Å². The number of benzene rings is 1. The van der Waals surface area contributed by atoms with Crippen molar-refractivity contribution in [3.63, 3.8) is 0 Å². The van der Waals surface area contributed by atoms with Gasteiger partial charge in [-0.15, -0.1) is 0 Å². The topological polar surface area (TPSA) is 22.4 Å². The van der Waals surface area contributed by atoms with E-state index in [1.807, 2.05) is 25.1 Å². The van der Waals surface area contributed by atoms with E-state index in [1.54, 1.807) is 6.26 Å². The van der Waals surface area contributed by atoms with Crippen LogP contribution in [0.25, 0.3) is 0 Å². The SMILES string of the molecule is Cc1occc1C(Br)c1cc(Cl)cc2c1OCC2. The molecule has 1 aromatic heterocycles. The highest BCUT2D eigenvalue weighted by Crippen LogP contribution is 2.43. The molecular formula is C14H12BrClO2. The summed E-state index contributed by atoms with van der Waals surface area (Å²) in [5, 5.41) is 0.750. The lowest BCUT2D eigenvalue weighted by Gasteiger charge is -2.14. The molecule has 2 aromatic rings. The fraction of sp³-hybridized carbons (Fsp3) is 0.286. The Morgan fingerprint density at radius 3 is 2.89 bits per heavy atom. The van der Waals surface area contributed by atoms with Gasteiger partial charge in [0.1, 0.15) is 11.5 Å². The van der Waals surface area contributed by atoms with Gasteiger partial charge in [0.15, 0.2) is 0 Å². The molecule has 18 heavy (non-hydrogen) atoms. The number of furan rings is 1. The first kappa shape index (κ1) is 12.1. The maximum Gasteiger partial charge on any atom is 0.127 e. The Morgan fingerprint density at radius 2 is 2.17 bits per heavy atom. The van der Waals surface area contributed by atoms with Gasteiger partial charge in [0, 0.05) is 22.6 Å². The van der Waals surface area contributed by atoms with E-state index < -0.39 is 0 Å². The third-order valence-electron chi connectivity index (χ3n) is 3.22. The van der Waals surface area contributed by atoms with Gasteiger partial charge >= 0.3 is 0 Å². The van der Waals surface area contributed by atoms with Crippen molar-refractivity contribution in [2.75, 3.05) is 6.61 Å². The van der Waals surface area contributed by atoms with Crippen LogP contribution in [0, 0.1) is 6.92 Å². The Morgan fingerprint density at radius 1 is 1.33 bits per heavy atom. The predicted octanol–water partition coefficient (Wildman–Crippen LogP) is 4.66. The van der Waals surface area contributed by atoms with Crippen LogP contribution in [0.15, 0.2) is 28.9 Å². The van der Waals surface area contributed by atoms with Gasteiger partial charge in [0.25, 0.3) is 0 Å². The van der Waals surface area contributed by atoms with Gasteiger partial charge < -0.3 is 9.15 Å². The highest BCUT2D eigenvalue weighted by atomic mass is 79.9. The molecule has 0 bridgehead atoms. The second-order valence-corrected chi connectivity index (χ2v) is 5.73. The molecule has 2 nitrogen and oxygen atoms in total. The van der Waals surface area contributed by atoms with E-state index in [2.05, 4.69) is 15.9 Å². The van der Waals surface area contributed by atoms with E-state index in [9.17, 15) is 0 Å². The molecule has 3 rings (SSSR count). The van der Waals surface area contributed by atoms with Gasteiger partial charge in [0.05, 0.1) is 17.7 Å². The second-order valence-electron chi connectivity index (χ2n) is 4.38. The summed E-state index contributed by atoms with van der Waals surface area (Å²) < 4.78 is 11.1. The maximum absolute atomic E-state index is 6.17. The molecule has 0 N–H and O–H groups in total. The molecule has 1 aromatic carbocycles. The van der Waals surface area contributed by atoms with E-state index in [0.717, 1.165) is 40.7 Å². The fourth-order valence-corrected chi connectivity index (χ4v) is 3.38. The highest BCUT2D eigenvalue weighted by Gasteiger charge is 2.24. The minimum atomic E-state index is 0.0433. The molecular weight excluding hydrogens is 316 g/mol. The van der Waals surface area contributed by atoms with Gasteiger partial charge in [-0.25, -0.2) is 0 Å². The Bertz CT molecular complexity index is 591. The van der Waals surface area contributed by atoms with Crippen molar-refractivity contribution in [2.45, 2.75) is 18.2 Å². The largest absolute Gasteiger partial charge is 0.493 e. The Labute approximate surface area is 119 Å². The predicted molar refractivity (Wildman–Crippen MR) is 74.9 cm³/mol. The molecule has 0 aliphatic carbocycles. The van der Waals surface area contributed by atoms with Crippen molar-refractivity contribution in [2.24, 2.45) is 0 Å². The minimum absolute atomic E-state index is 0.0433. The number of hydrogen-bond donors (Lipinski definition) is 0. The van der Waals surface area contributed by atoms with Crippen LogP contribution in [0.3, 0.4) is 0 Å². The first-order valence-corrected chi connectivity index (χ1v) is 7.09. The lowest BCUT2D eigenvalue weighted by Crippen LogP contribution is -1.97. The van der Waals surface area contributed by atoms with E-state index in [1.165, 1.54) is 5.56 Å². The standard InChI is InChI=1S/C14H12BrClO2/c1-8-11(3-5-17-8)13(15)12-7-10(16)6-9-2-4-18-14(9)12/h3,5-7,13H,2,4H2,1H3. The molecule has 94 valence electrons. The maximum atomic E-state index is 6.17. The molecule has 0 radical (unpaired) electrons. The first-order chi connectivity index (χ1) is 8.66. The quantitative estimate of drug-likeness (QED) is 0.748. The molecule has 0 spiro atoms. The van der Waals surface area contributed by atoms with Crippen molar-refractivity contribution in [1.29, 1.82) is 0 Å². The normalized spacial score (nSPS) is 15.3. The average molecular weight is 328 g/mol. The minimum Gasteiger partial charge on any atom is -0.493 e. The van der Waals surface area contributed by atoms with E-state index in [0.29, 0.717) is 0 Å². The molecule has 0 fully saturated rings. The molecule has 1 atom stereocenters. The van der Waals surface area contributed by atoms with Gasteiger partial charge in [-0.1, -0.05) is 27.5 Å². The first-order valence-electron chi connectivity index (χ1n) is 5.80. The lowest BCUT2D eigenvalue weighted by atomic mass is 10.0. The van der Waals surface area contributed by atoms with Crippen LogP contribution in [-0.2, 0) is 6.42 Å². The molecule has 0 amide bonds. The molecule has 1 unspecified atom stereocenters. The van der Waals surface area contributed by atoms with Crippen molar-refractivity contribution >= 4 is 27.5 Å². The Kier molecular flexibility index (Phi) is 3.12. The number of hydrogen-bond acceptors (Lipinski definition) is 2. The van der Waals surface area contributed by atoms with Crippen LogP contribution in [0.4, 0.5) is 0 Å². The Hall–Kier alpha value is -0.930. The smallest absolute Gasteiger partial charge is 0.127 e. The number of alkyl halides is 1. The summed E-state index contributed by atoms with van der Waals surface area (Å²) in [6.45, 7) is 2.68. The van der Waals surface area contributed by atoms with Crippen LogP contribution in [-0.4, -0.2) is 6.61 Å². The van der Waals surface area contributed by atoms with Gasteiger partial charge in [-0.05, 0) is 30.7 Å². The summed E-state index contributed by atoms with van der Waals surface area (Å²) in [6.07, 6.45) is 2.62. The number of halogens is 2. The third-order valence-corrected chi connectivity index (χ3v) is 4.43. The van der Waals surface area contributed by atoms with Crippen molar-refractivity contribution in [3.05, 3.63) is 51.9 Å². The monoisotopic (exact) mass is 326 g/mol. The van der Waals surface area contributed by atoms with Crippen LogP contribution in [0.5, 0.6) is 5.75 Å². The average Bonchev–Trinajstić information content (AvgIpc) is 2.95. The van der Waals surface area contributed by atoms with Crippen molar-refractivity contribution < 1.29 is 9.15 Å². The summed E-state index contributed by atoms with van der Waals surface area (Å²) >= 11 is 9.89. The van der Waals surface area contributed by atoms with E-state index >= 15 is 0 Å². The number of rotatable bonds is 2. The summed E-state index contributed by atoms with van der Waals surface area (Å²) in [6, 6.07) is 5.91. The zero-order chi connectivity index (χ0) is 12.7. The lowest BCUT2D eigenvalue weighted by molar-refractivity contribution is 0.354. The summed E-state index contributed by atoms with van der Waals surface area (Å²) in [7, 11) is 0. The second kappa shape index (κ2) is 4.63. The molecule has 1 aliphatic heterocycles.